The Morgan fingerprint density at radius 1 is 0.759 bits per heavy atom. The summed E-state index contributed by atoms with van der Waals surface area (Å²) < 4.78 is 49.5. The molecule has 0 radical (unpaired) electrons. The summed E-state index contributed by atoms with van der Waals surface area (Å²) in [5, 5.41) is 1.70. The summed E-state index contributed by atoms with van der Waals surface area (Å²) in [5.41, 5.74) is 0.624. The number of benzene rings is 3. The minimum atomic E-state index is -3.73. The van der Waals surface area contributed by atoms with Crippen molar-refractivity contribution in [3.63, 3.8) is 0 Å². The van der Waals surface area contributed by atoms with Crippen molar-refractivity contribution in [2.75, 3.05) is 28.4 Å². The molecule has 0 heterocycles. The van der Waals surface area contributed by atoms with Gasteiger partial charge in [-0.2, -0.15) is 0 Å². The number of hydrogen-bond acceptors (Lipinski definition) is 6. The molecule has 7 nitrogen and oxygen atoms in total. The predicted molar refractivity (Wildman–Crippen MR) is 111 cm³/mol. The second-order valence-corrected chi connectivity index (χ2v) is 7.96. The average Bonchev–Trinajstić information content (AvgIpc) is 2.75. The second-order valence-electron chi connectivity index (χ2n) is 6.19. The van der Waals surface area contributed by atoms with E-state index >= 15 is 0 Å². The van der Waals surface area contributed by atoms with Gasteiger partial charge in [-0.15, -0.1) is 0 Å². The molecular weight excluding hydrogens is 394 g/mol. The summed E-state index contributed by atoms with van der Waals surface area (Å²) in [7, 11) is 2.37. The summed E-state index contributed by atoms with van der Waals surface area (Å²) in [4.78, 5) is 0.176. The van der Waals surface area contributed by atoms with E-state index < -0.39 is 10.0 Å². The third-order valence-electron chi connectivity index (χ3n) is 4.57. The van der Waals surface area contributed by atoms with Crippen LogP contribution in [0.25, 0.3) is 10.8 Å². The van der Waals surface area contributed by atoms with Gasteiger partial charge in [-0.1, -0.05) is 18.2 Å². The summed E-state index contributed by atoms with van der Waals surface area (Å²) in [6.07, 6.45) is 0. The van der Waals surface area contributed by atoms with Gasteiger partial charge in [0.2, 0.25) is 15.8 Å². The summed E-state index contributed by atoms with van der Waals surface area (Å²) in [6, 6.07) is 13.9. The van der Waals surface area contributed by atoms with Gasteiger partial charge in [0.15, 0.2) is 11.5 Å². The van der Waals surface area contributed by atoms with Crippen LogP contribution in [0.4, 0.5) is 0 Å². The van der Waals surface area contributed by atoms with Crippen LogP contribution in [0.1, 0.15) is 5.56 Å². The molecule has 0 atom stereocenters. The first-order chi connectivity index (χ1) is 13.9. The molecule has 0 aliphatic rings. The molecular formula is C21H23NO6S. The van der Waals surface area contributed by atoms with Gasteiger partial charge in [-0.25, -0.2) is 13.1 Å². The van der Waals surface area contributed by atoms with Crippen LogP contribution in [-0.2, 0) is 16.6 Å². The van der Waals surface area contributed by atoms with Crippen molar-refractivity contribution in [2.24, 2.45) is 0 Å². The molecule has 29 heavy (non-hydrogen) atoms. The number of fused-ring (bicyclic) bond motifs is 1. The number of methoxy groups -OCH3 is 4. The zero-order valence-corrected chi connectivity index (χ0v) is 17.5. The second kappa shape index (κ2) is 8.59. The molecule has 0 aromatic heterocycles. The van der Waals surface area contributed by atoms with Gasteiger partial charge >= 0.3 is 0 Å². The standard InChI is InChI=1S/C21H23NO6S/c1-25-17-8-5-15-12-18(9-6-14(15)11-17)29(23,24)22-13-16-7-10-19(26-2)21(28-4)20(16)27-3/h5-12,22H,13H2,1-4H3. The predicted octanol–water partition coefficient (Wildman–Crippen LogP) is 3.35. The fourth-order valence-electron chi connectivity index (χ4n) is 3.05. The number of nitrogens with one attached hydrogen (secondary N) is 1. The van der Waals surface area contributed by atoms with E-state index in [4.69, 9.17) is 18.9 Å². The molecule has 0 unspecified atom stereocenters. The topological polar surface area (TPSA) is 83.1 Å². The molecule has 3 aromatic carbocycles. The van der Waals surface area contributed by atoms with Crippen LogP contribution in [0.2, 0.25) is 0 Å². The van der Waals surface area contributed by atoms with Gasteiger partial charge in [0, 0.05) is 12.1 Å². The molecule has 0 amide bonds. The van der Waals surface area contributed by atoms with Gasteiger partial charge in [0.25, 0.3) is 0 Å². The van der Waals surface area contributed by atoms with Crippen molar-refractivity contribution < 1.29 is 27.4 Å². The minimum Gasteiger partial charge on any atom is -0.497 e. The van der Waals surface area contributed by atoms with Crippen molar-refractivity contribution in [2.45, 2.75) is 11.4 Å². The summed E-state index contributed by atoms with van der Waals surface area (Å²) in [5.74, 6) is 2.04. The smallest absolute Gasteiger partial charge is 0.240 e. The zero-order valence-electron chi connectivity index (χ0n) is 16.7. The number of rotatable bonds is 8. The van der Waals surface area contributed by atoms with E-state index in [9.17, 15) is 8.42 Å². The highest BCUT2D eigenvalue weighted by Gasteiger charge is 2.19. The van der Waals surface area contributed by atoms with Crippen LogP contribution in [0, 0.1) is 0 Å². The van der Waals surface area contributed by atoms with Crippen LogP contribution in [-0.4, -0.2) is 36.9 Å². The fourth-order valence-corrected chi connectivity index (χ4v) is 4.10. The van der Waals surface area contributed by atoms with Crippen LogP contribution >= 0.6 is 0 Å². The van der Waals surface area contributed by atoms with Crippen LogP contribution in [0.15, 0.2) is 53.4 Å². The van der Waals surface area contributed by atoms with Crippen molar-refractivity contribution >= 4 is 20.8 Å². The van der Waals surface area contributed by atoms with Gasteiger partial charge < -0.3 is 18.9 Å². The van der Waals surface area contributed by atoms with Crippen LogP contribution < -0.4 is 23.7 Å². The maximum Gasteiger partial charge on any atom is 0.240 e. The van der Waals surface area contributed by atoms with Gasteiger partial charge in [-0.3, -0.25) is 0 Å². The monoisotopic (exact) mass is 417 g/mol. The van der Waals surface area contributed by atoms with Gasteiger partial charge in [0.05, 0.1) is 33.3 Å². The van der Waals surface area contributed by atoms with Crippen molar-refractivity contribution in [1.82, 2.24) is 4.72 Å². The lowest BCUT2D eigenvalue weighted by molar-refractivity contribution is 0.322. The molecule has 8 heteroatoms. The quantitative estimate of drug-likeness (QED) is 0.605. The zero-order chi connectivity index (χ0) is 21.0. The normalized spacial score (nSPS) is 11.3. The number of ether oxygens (including phenoxy) is 4. The average molecular weight is 417 g/mol. The Kier molecular flexibility index (Phi) is 6.14. The molecule has 0 aliphatic carbocycles. The van der Waals surface area contributed by atoms with Gasteiger partial charge in [-0.05, 0) is 41.1 Å². The highest BCUT2D eigenvalue weighted by molar-refractivity contribution is 7.89. The Morgan fingerprint density at radius 2 is 1.45 bits per heavy atom. The van der Waals surface area contributed by atoms with E-state index in [0.717, 1.165) is 10.8 Å². The Morgan fingerprint density at radius 3 is 2.10 bits per heavy atom. The molecule has 1 N–H and O–H groups in total. The first-order valence-corrected chi connectivity index (χ1v) is 10.3. The SMILES string of the molecule is COc1ccc2cc(S(=O)(=O)NCc3ccc(OC)c(OC)c3OC)ccc2c1. The first kappa shape index (κ1) is 20.8. The lowest BCUT2D eigenvalue weighted by Gasteiger charge is -2.16. The fraction of sp³-hybridized carbons (Fsp3) is 0.238. The molecule has 0 aliphatic heterocycles. The number of sulfonamides is 1. The largest absolute Gasteiger partial charge is 0.497 e. The van der Waals surface area contributed by atoms with E-state index in [1.54, 1.807) is 43.5 Å². The molecule has 0 saturated carbocycles. The van der Waals surface area contributed by atoms with E-state index in [-0.39, 0.29) is 11.4 Å². The lowest BCUT2D eigenvalue weighted by atomic mass is 10.1. The maximum absolute atomic E-state index is 12.8. The maximum atomic E-state index is 12.8. The molecule has 0 fully saturated rings. The third-order valence-corrected chi connectivity index (χ3v) is 5.97. The van der Waals surface area contributed by atoms with E-state index in [0.29, 0.717) is 28.6 Å². The van der Waals surface area contributed by atoms with Crippen LogP contribution in [0.3, 0.4) is 0 Å². The highest BCUT2D eigenvalue weighted by atomic mass is 32.2. The van der Waals surface area contributed by atoms with Crippen molar-refractivity contribution in [3.8, 4) is 23.0 Å². The third kappa shape index (κ3) is 4.23. The van der Waals surface area contributed by atoms with E-state index in [2.05, 4.69) is 4.72 Å². The minimum absolute atomic E-state index is 0.0342. The molecule has 0 saturated heterocycles. The Balaban J connectivity index is 1.88. The van der Waals surface area contributed by atoms with E-state index in [1.165, 1.54) is 21.3 Å². The van der Waals surface area contributed by atoms with Crippen LogP contribution in [0.5, 0.6) is 23.0 Å². The molecule has 154 valence electrons. The first-order valence-electron chi connectivity index (χ1n) is 8.78. The Hall–Kier alpha value is -2.97. The van der Waals surface area contributed by atoms with Crippen molar-refractivity contribution in [3.05, 3.63) is 54.1 Å². The highest BCUT2D eigenvalue weighted by Crippen LogP contribution is 2.39. The molecule has 3 rings (SSSR count). The summed E-state index contributed by atoms with van der Waals surface area (Å²) in [6.45, 7) is 0.0342. The van der Waals surface area contributed by atoms with Crippen molar-refractivity contribution in [1.29, 1.82) is 0 Å². The molecule has 3 aromatic rings. The lowest BCUT2D eigenvalue weighted by Crippen LogP contribution is -2.23. The molecule has 0 bridgehead atoms. The summed E-state index contributed by atoms with van der Waals surface area (Å²) >= 11 is 0. The number of hydrogen-bond donors (Lipinski definition) is 1. The van der Waals surface area contributed by atoms with Gasteiger partial charge in [0.1, 0.15) is 5.75 Å². The van der Waals surface area contributed by atoms with E-state index in [1.807, 2.05) is 12.1 Å². The Bertz CT molecular complexity index is 1130. The Labute approximate surface area is 170 Å². The molecule has 0 spiro atoms.